The molecule has 0 saturated heterocycles. The third-order valence-electron chi connectivity index (χ3n) is 3.94. The number of hydrogen-bond acceptors (Lipinski definition) is 5. The quantitative estimate of drug-likeness (QED) is 0.817. The molecule has 2 aromatic rings. The highest BCUT2D eigenvalue weighted by atomic mass is 16.7. The van der Waals surface area contributed by atoms with E-state index in [-0.39, 0.29) is 18.7 Å². The smallest absolute Gasteiger partial charge is 0.337 e. The average Bonchev–Trinajstić information content (AvgIpc) is 3.12. The van der Waals surface area contributed by atoms with Gasteiger partial charge in [0.2, 0.25) is 12.7 Å². The number of hydrogen-bond donors (Lipinski definition) is 1. The summed E-state index contributed by atoms with van der Waals surface area (Å²) < 4.78 is 15.2. The second kappa shape index (κ2) is 7.70. The summed E-state index contributed by atoms with van der Waals surface area (Å²) >= 11 is 0. The van der Waals surface area contributed by atoms with E-state index in [1.54, 1.807) is 24.3 Å². The van der Waals surface area contributed by atoms with Gasteiger partial charge in [-0.3, -0.25) is 4.79 Å². The zero-order valence-electron chi connectivity index (χ0n) is 13.9. The van der Waals surface area contributed by atoms with Crippen LogP contribution in [-0.4, -0.2) is 25.8 Å². The molecule has 1 N–H and O–H groups in total. The van der Waals surface area contributed by atoms with E-state index in [0.29, 0.717) is 24.9 Å². The summed E-state index contributed by atoms with van der Waals surface area (Å²) in [5.41, 5.74) is 2.44. The lowest BCUT2D eigenvalue weighted by Crippen LogP contribution is -2.23. The minimum atomic E-state index is -0.376. The van der Waals surface area contributed by atoms with Crippen molar-refractivity contribution in [3.8, 4) is 11.5 Å². The summed E-state index contributed by atoms with van der Waals surface area (Å²) in [6.07, 6.45) is 1.02. The molecule has 0 aliphatic carbocycles. The van der Waals surface area contributed by atoms with Gasteiger partial charge in [0.15, 0.2) is 11.5 Å². The SMILES string of the molecule is COC(=O)c1ccc(CNC(=O)CCc2ccc3c(c2)OCO3)cc1. The van der Waals surface area contributed by atoms with Crippen LogP contribution in [0.2, 0.25) is 0 Å². The summed E-state index contributed by atoms with van der Waals surface area (Å²) in [5.74, 6) is 1.06. The number of fused-ring (bicyclic) bond motifs is 1. The highest BCUT2D eigenvalue weighted by Crippen LogP contribution is 2.32. The van der Waals surface area contributed by atoms with Crippen molar-refractivity contribution in [1.29, 1.82) is 0 Å². The van der Waals surface area contributed by atoms with Gasteiger partial charge >= 0.3 is 5.97 Å². The first-order valence-corrected chi connectivity index (χ1v) is 7.98. The summed E-state index contributed by atoms with van der Waals surface area (Å²) in [6, 6.07) is 12.7. The Bertz CT molecular complexity index is 770. The molecular formula is C19H19NO5. The molecule has 25 heavy (non-hydrogen) atoms. The average molecular weight is 341 g/mol. The van der Waals surface area contributed by atoms with Crippen LogP contribution in [0.3, 0.4) is 0 Å². The number of benzene rings is 2. The van der Waals surface area contributed by atoms with Gasteiger partial charge in [0.05, 0.1) is 12.7 Å². The van der Waals surface area contributed by atoms with Crippen LogP contribution in [0.1, 0.15) is 27.9 Å². The number of methoxy groups -OCH3 is 1. The Morgan fingerprint density at radius 3 is 2.52 bits per heavy atom. The molecule has 130 valence electrons. The summed E-state index contributed by atoms with van der Waals surface area (Å²) in [7, 11) is 1.34. The molecule has 0 atom stereocenters. The molecule has 1 aliphatic heterocycles. The molecule has 1 amide bonds. The van der Waals surface area contributed by atoms with Crippen LogP contribution in [0, 0.1) is 0 Å². The lowest BCUT2D eigenvalue weighted by Gasteiger charge is -2.07. The van der Waals surface area contributed by atoms with E-state index < -0.39 is 0 Å². The molecule has 0 fully saturated rings. The highest BCUT2D eigenvalue weighted by Gasteiger charge is 2.13. The van der Waals surface area contributed by atoms with E-state index in [2.05, 4.69) is 10.1 Å². The van der Waals surface area contributed by atoms with Crippen molar-refractivity contribution >= 4 is 11.9 Å². The molecule has 2 aromatic carbocycles. The Morgan fingerprint density at radius 2 is 1.76 bits per heavy atom. The minimum Gasteiger partial charge on any atom is -0.465 e. The molecule has 0 saturated carbocycles. The highest BCUT2D eigenvalue weighted by molar-refractivity contribution is 5.89. The number of rotatable bonds is 6. The van der Waals surface area contributed by atoms with Crippen LogP contribution >= 0.6 is 0 Å². The molecule has 0 radical (unpaired) electrons. The Hall–Kier alpha value is -3.02. The zero-order valence-corrected chi connectivity index (χ0v) is 13.9. The van der Waals surface area contributed by atoms with Crippen molar-refractivity contribution in [1.82, 2.24) is 5.32 Å². The van der Waals surface area contributed by atoms with E-state index in [9.17, 15) is 9.59 Å². The van der Waals surface area contributed by atoms with E-state index in [0.717, 1.165) is 22.6 Å². The number of esters is 1. The number of carbonyl (C=O) groups is 2. The maximum Gasteiger partial charge on any atom is 0.337 e. The second-order valence-corrected chi connectivity index (χ2v) is 5.65. The van der Waals surface area contributed by atoms with Gasteiger partial charge < -0.3 is 19.5 Å². The van der Waals surface area contributed by atoms with E-state index in [4.69, 9.17) is 9.47 Å². The van der Waals surface area contributed by atoms with Gasteiger partial charge in [-0.2, -0.15) is 0 Å². The summed E-state index contributed by atoms with van der Waals surface area (Å²) in [6.45, 7) is 0.662. The molecule has 3 rings (SSSR count). The van der Waals surface area contributed by atoms with Crippen LogP contribution in [-0.2, 0) is 22.5 Å². The third-order valence-corrected chi connectivity index (χ3v) is 3.94. The number of aryl methyl sites for hydroxylation is 1. The predicted octanol–water partition coefficient (Wildman–Crippen LogP) is 2.45. The van der Waals surface area contributed by atoms with Gasteiger partial charge in [0.25, 0.3) is 0 Å². The fourth-order valence-electron chi connectivity index (χ4n) is 2.52. The van der Waals surface area contributed by atoms with Crippen molar-refractivity contribution in [3.05, 3.63) is 59.2 Å². The monoisotopic (exact) mass is 341 g/mol. The van der Waals surface area contributed by atoms with Crippen molar-refractivity contribution in [2.24, 2.45) is 0 Å². The zero-order chi connectivity index (χ0) is 17.6. The van der Waals surface area contributed by atoms with Gasteiger partial charge in [0.1, 0.15) is 0 Å². The lowest BCUT2D eigenvalue weighted by atomic mass is 10.1. The van der Waals surface area contributed by atoms with Gasteiger partial charge in [-0.1, -0.05) is 18.2 Å². The number of ether oxygens (including phenoxy) is 3. The molecule has 0 unspecified atom stereocenters. The standard InChI is InChI=1S/C19H19NO5/c1-23-19(22)15-6-2-14(3-7-15)11-20-18(21)9-5-13-4-8-16-17(10-13)25-12-24-16/h2-4,6-8,10H,5,9,11-12H2,1H3,(H,20,21). The number of nitrogens with one attached hydrogen (secondary N) is 1. The van der Waals surface area contributed by atoms with Gasteiger partial charge in [-0.25, -0.2) is 4.79 Å². The van der Waals surface area contributed by atoms with Crippen LogP contribution in [0.25, 0.3) is 0 Å². The van der Waals surface area contributed by atoms with Gasteiger partial charge in [0, 0.05) is 13.0 Å². The maximum absolute atomic E-state index is 12.0. The second-order valence-electron chi connectivity index (χ2n) is 5.65. The molecule has 6 nitrogen and oxygen atoms in total. The summed E-state index contributed by atoms with van der Waals surface area (Å²) in [4.78, 5) is 23.4. The third kappa shape index (κ3) is 4.29. The fourth-order valence-corrected chi connectivity index (χ4v) is 2.52. The first-order chi connectivity index (χ1) is 12.2. The molecule has 6 heteroatoms. The van der Waals surface area contributed by atoms with Crippen molar-refractivity contribution < 1.29 is 23.8 Å². The van der Waals surface area contributed by atoms with Crippen molar-refractivity contribution in [3.63, 3.8) is 0 Å². The van der Waals surface area contributed by atoms with Gasteiger partial charge in [-0.15, -0.1) is 0 Å². The normalized spacial score (nSPS) is 11.9. The van der Waals surface area contributed by atoms with E-state index >= 15 is 0 Å². The van der Waals surface area contributed by atoms with Crippen LogP contribution in [0.15, 0.2) is 42.5 Å². The van der Waals surface area contributed by atoms with Gasteiger partial charge in [-0.05, 0) is 41.8 Å². The molecule has 0 bridgehead atoms. The molecule has 0 aromatic heterocycles. The number of carbonyl (C=O) groups excluding carboxylic acids is 2. The Kier molecular flexibility index (Phi) is 5.18. The van der Waals surface area contributed by atoms with Crippen LogP contribution < -0.4 is 14.8 Å². The maximum atomic E-state index is 12.0. The minimum absolute atomic E-state index is 0.0327. The largest absolute Gasteiger partial charge is 0.465 e. The van der Waals surface area contributed by atoms with E-state index in [1.165, 1.54) is 7.11 Å². The van der Waals surface area contributed by atoms with E-state index in [1.807, 2.05) is 18.2 Å². The molecule has 1 aliphatic rings. The Morgan fingerprint density at radius 1 is 1.04 bits per heavy atom. The van der Waals surface area contributed by atoms with Crippen molar-refractivity contribution in [2.45, 2.75) is 19.4 Å². The van der Waals surface area contributed by atoms with Crippen LogP contribution in [0.4, 0.5) is 0 Å². The predicted molar refractivity (Wildman–Crippen MR) is 90.5 cm³/mol. The van der Waals surface area contributed by atoms with Crippen LogP contribution in [0.5, 0.6) is 11.5 Å². The molecule has 0 spiro atoms. The van der Waals surface area contributed by atoms with Crippen molar-refractivity contribution in [2.75, 3.05) is 13.9 Å². The Balaban J connectivity index is 1.46. The molecule has 1 heterocycles. The lowest BCUT2D eigenvalue weighted by molar-refractivity contribution is -0.121. The molecular weight excluding hydrogens is 322 g/mol. The Labute approximate surface area is 145 Å². The first kappa shape index (κ1) is 16.8. The fraction of sp³-hybridized carbons (Fsp3) is 0.263. The first-order valence-electron chi connectivity index (χ1n) is 7.98. The number of amides is 1. The summed E-state index contributed by atoms with van der Waals surface area (Å²) in [5, 5.41) is 2.87. The topological polar surface area (TPSA) is 73.9 Å².